The Morgan fingerprint density at radius 3 is 2.88 bits per heavy atom. The summed E-state index contributed by atoms with van der Waals surface area (Å²) in [7, 11) is 1.78. The maximum Gasteiger partial charge on any atom is 0.250 e. The van der Waals surface area contributed by atoms with E-state index in [0.29, 0.717) is 12.1 Å². The molecule has 6 nitrogen and oxygen atoms in total. The number of piperazine rings is 1. The van der Waals surface area contributed by atoms with E-state index in [4.69, 9.17) is 0 Å². The Morgan fingerprint density at radius 2 is 2.29 bits per heavy atom. The molecule has 92 valence electrons. The summed E-state index contributed by atoms with van der Waals surface area (Å²) < 4.78 is 1.62. The summed E-state index contributed by atoms with van der Waals surface area (Å²) in [5, 5.41) is 6.73. The summed E-state index contributed by atoms with van der Waals surface area (Å²) in [6.07, 6.45) is 4.86. The van der Waals surface area contributed by atoms with Gasteiger partial charge < -0.3 is 5.32 Å². The molecule has 1 saturated heterocycles. The summed E-state index contributed by atoms with van der Waals surface area (Å²) in [5.74, 6) is -0.175. The number of amides is 2. The molecule has 0 radical (unpaired) electrons. The van der Waals surface area contributed by atoms with E-state index in [1.807, 2.05) is 6.92 Å². The molecule has 2 rings (SSSR count). The molecule has 1 aliphatic rings. The zero-order valence-corrected chi connectivity index (χ0v) is 10.0. The average Bonchev–Trinajstić information content (AvgIpc) is 2.70. The van der Waals surface area contributed by atoms with Crippen molar-refractivity contribution in [2.24, 2.45) is 7.05 Å². The van der Waals surface area contributed by atoms with Crippen molar-refractivity contribution >= 4 is 17.5 Å². The van der Waals surface area contributed by atoms with Crippen LogP contribution in [0.25, 0.3) is 0 Å². The Labute approximate surface area is 99.6 Å². The number of carbonyl (C=O) groups is 2. The predicted octanol–water partition coefficient (Wildman–Crippen LogP) is 0.0516. The molecule has 1 aromatic rings. The van der Waals surface area contributed by atoms with Crippen LogP contribution in [0.15, 0.2) is 12.4 Å². The van der Waals surface area contributed by atoms with Crippen molar-refractivity contribution in [1.29, 1.82) is 0 Å². The lowest BCUT2D eigenvalue weighted by Crippen LogP contribution is -2.58. The van der Waals surface area contributed by atoms with Crippen LogP contribution in [-0.4, -0.2) is 34.2 Å². The predicted molar refractivity (Wildman–Crippen MR) is 62.4 cm³/mol. The van der Waals surface area contributed by atoms with Crippen molar-refractivity contribution in [2.45, 2.75) is 25.8 Å². The first-order chi connectivity index (χ1) is 8.11. The van der Waals surface area contributed by atoms with Crippen molar-refractivity contribution < 1.29 is 9.59 Å². The van der Waals surface area contributed by atoms with Crippen LogP contribution in [0.5, 0.6) is 0 Å². The van der Waals surface area contributed by atoms with E-state index >= 15 is 0 Å². The minimum absolute atomic E-state index is 0.0561. The highest BCUT2D eigenvalue weighted by Crippen LogP contribution is 2.17. The summed E-state index contributed by atoms with van der Waals surface area (Å²) in [5.41, 5.74) is 0.674. The fourth-order valence-electron chi connectivity index (χ4n) is 1.96. The minimum atomic E-state index is -0.401. The second kappa shape index (κ2) is 4.57. The fourth-order valence-corrected chi connectivity index (χ4v) is 1.96. The van der Waals surface area contributed by atoms with E-state index < -0.39 is 6.04 Å². The topological polar surface area (TPSA) is 67.2 Å². The Bertz CT molecular complexity index is 440. The van der Waals surface area contributed by atoms with Gasteiger partial charge in [0.15, 0.2) is 0 Å². The molecule has 1 aliphatic heterocycles. The fraction of sp³-hybridized carbons (Fsp3) is 0.545. The Kier molecular flexibility index (Phi) is 3.12. The van der Waals surface area contributed by atoms with Gasteiger partial charge in [-0.25, -0.2) is 0 Å². The van der Waals surface area contributed by atoms with Gasteiger partial charge in [-0.2, -0.15) is 5.10 Å². The monoisotopic (exact) mass is 236 g/mol. The highest BCUT2D eigenvalue weighted by Gasteiger charge is 2.33. The maximum absolute atomic E-state index is 12.1. The first kappa shape index (κ1) is 11.6. The van der Waals surface area contributed by atoms with Gasteiger partial charge in [0, 0.05) is 13.2 Å². The van der Waals surface area contributed by atoms with E-state index in [2.05, 4.69) is 10.4 Å². The highest BCUT2D eigenvalue weighted by atomic mass is 16.2. The third-order valence-corrected chi connectivity index (χ3v) is 2.78. The molecule has 1 unspecified atom stereocenters. The molecule has 0 bridgehead atoms. The summed E-state index contributed by atoms with van der Waals surface area (Å²) in [6.45, 7) is 2.06. The van der Waals surface area contributed by atoms with E-state index in [1.54, 1.807) is 24.1 Å². The number of hydrogen-bond acceptors (Lipinski definition) is 3. The van der Waals surface area contributed by atoms with Crippen LogP contribution in [0.2, 0.25) is 0 Å². The number of anilines is 1. The second-order valence-corrected chi connectivity index (χ2v) is 4.21. The molecule has 1 N–H and O–H groups in total. The molecule has 0 saturated carbocycles. The Morgan fingerprint density at radius 1 is 1.53 bits per heavy atom. The van der Waals surface area contributed by atoms with Gasteiger partial charge in [-0.05, 0) is 6.42 Å². The van der Waals surface area contributed by atoms with Gasteiger partial charge in [0.05, 0.1) is 11.9 Å². The zero-order chi connectivity index (χ0) is 12.4. The average molecular weight is 236 g/mol. The Balaban J connectivity index is 2.21. The molecule has 17 heavy (non-hydrogen) atoms. The number of rotatable bonds is 3. The maximum atomic E-state index is 12.1. The van der Waals surface area contributed by atoms with Crippen LogP contribution >= 0.6 is 0 Å². The quantitative estimate of drug-likeness (QED) is 0.806. The zero-order valence-electron chi connectivity index (χ0n) is 10.0. The van der Waals surface area contributed by atoms with Gasteiger partial charge in [0.1, 0.15) is 12.6 Å². The van der Waals surface area contributed by atoms with E-state index in [0.717, 1.165) is 6.42 Å². The lowest BCUT2D eigenvalue weighted by atomic mass is 10.1. The van der Waals surface area contributed by atoms with Crippen molar-refractivity contribution in [3.8, 4) is 0 Å². The lowest BCUT2D eigenvalue weighted by molar-refractivity contribution is -0.131. The molecule has 0 spiro atoms. The summed E-state index contributed by atoms with van der Waals surface area (Å²) in [4.78, 5) is 25.2. The van der Waals surface area contributed by atoms with Gasteiger partial charge in [0.2, 0.25) is 11.8 Å². The molecular formula is C11H16N4O2. The summed E-state index contributed by atoms with van der Waals surface area (Å²) >= 11 is 0. The molecule has 2 amide bonds. The largest absolute Gasteiger partial charge is 0.343 e. The molecule has 0 aromatic carbocycles. The third-order valence-electron chi connectivity index (χ3n) is 2.78. The van der Waals surface area contributed by atoms with Crippen molar-refractivity contribution in [1.82, 2.24) is 15.1 Å². The lowest BCUT2D eigenvalue weighted by Gasteiger charge is -2.31. The molecule has 1 fully saturated rings. The highest BCUT2D eigenvalue weighted by molar-refractivity contribution is 6.06. The van der Waals surface area contributed by atoms with Crippen LogP contribution in [0.3, 0.4) is 0 Å². The molecule has 6 heteroatoms. The van der Waals surface area contributed by atoms with Crippen molar-refractivity contribution in [3.63, 3.8) is 0 Å². The van der Waals surface area contributed by atoms with Crippen LogP contribution < -0.4 is 10.2 Å². The Hall–Kier alpha value is -1.85. The molecule has 1 aromatic heterocycles. The van der Waals surface area contributed by atoms with E-state index in [1.165, 1.54) is 4.90 Å². The third kappa shape index (κ3) is 2.30. The van der Waals surface area contributed by atoms with Crippen LogP contribution in [-0.2, 0) is 16.6 Å². The van der Waals surface area contributed by atoms with Gasteiger partial charge >= 0.3 is 0 Å². The number of aryl methyl sites for hydroxylation is 1. The number of aromatic nitrogens is 2. The van der Waals surface area contributed by atoms with Crippen LogP contribution in [0.4, 0.5) is 5.69 Å². The number of carbonyl (C=O) groups excluding carboxylic acids is 2. The first-order valence-corrected chi connectivity index (χ1v) is 5.71. The minimum Gasteiger partial charge on any atom is -0.343 e. The molecule has 2 heterocycles. The molecule has 1 atom stereocenters. The molecular weight excluding hydrogens is 220 g/mol. The standard InChI is InChI=1S/C11H16N4O2/c1-3-4-9-11(17)15(7-10(16)13-9)8-5-12-14(2)6-8/h5-6,9H,3-4,7H2,1-2H3,(H,13,16). The van der Waals surface area contributed by atoms with Crippen molar-refractivity contribution in [2.75, 3.05) is 11.4 Å². The van der Waals surface area contributed by atoms with E-state index in [-0.39, 0.29) is 18.4 Å². The van der Waals surface area contributed by atoms with Crippen LogP contribution in [0, 0.1) is 0 Å². The summed E-state index contributed by atoms with van der Waals surface area (Å²) in [6, 6.07) is -0.401. The number of nitrogens with zero attached hydrogens (tertiary/aromatic N) is 3. The number of nitrogens with one attached hydrogen (secondary N) is 1. The number of hydrogen-bond donors (Lipinski definition) is 1. The van der Waals surface area contributed by atoms with Gasteiger partial charge in [-0.15, -0.1) is 0 Å². The normalized spacial score (nSPS) is 20.6. The second-order valence-electron chi connectivity index (χ2n) is 4.21. The SMILES string of the molecule is CCCC1NC(=O)CN(c2cnn(C)c2)C1=O. The van der Waals surface area contributed by atoms with Crippen LogP contribution in [0.1, 0.15) is 19.8 Å². The van der Waals surface area contributed by atoms with Gasteiger partial charge in [-0.3, -0.25) is 19.2 Å². The van der Waals surface area contributed by atoms with Crippen molar-refractivity contribution in [3.05, 3.63) is 12.4 Å². The smallest absolute Gasteiger partial charge is 0.250 e. The van der Waals surface area contributed by atoms with Gasteiger partial charge in [-0.1, -0.05) is 13.3 Å². The van der Waals surface area contributed by atoms with E-state index in [9.17, 15) is 9.59 Å². The first-order valence-electron chi connectivity index (χ1n) is 5.71. The molecule has 0 aliphatic carbocycles. The van der Waals surface area contributed by atoms with Gasteiger partial charge in [0.25, 0.3) is 0 Å².